The molecule has 0 radical (unpaired) electrons. The third kappa shape index (κ3) is 5.83. The molecule has 0 amide bonds. The molecule has 0 bridgehead atoms. The molecule has 0 spiro atoms. The van der Waals surface area contributed by atoms with E-state index in [9.17, 15) is 13.2 Å². The lowest BCUT2D eigenvalue weighted by atomic mass is 9.98. The summed E-state index contributed by atoms with van der Waals surface area (Å²) in [4.78, 5) is 2.38. The number of rotatable bonds is 7. The molecule has 24 heavy (non-hydrogen) atoms. The monoisotopic (exact) mass is 364 g/mol. The molecule has 0 unspecified atom stereocenters. The third-order valence-electron chi connectivity index (χ3n) is 4.24. The van der Waals surface area contributed by atoms with Crippen LogP contribution in [0.15, 0.2) is 18.2 Å². The standard InChI is InChI=1S/C17H24ClF3N2O/c1-2-3-4-5-15(23-10-8-22-9-11-23)13-6-7-16(14(18)12-13)24-17(19,20)21/h6-7,12,15,22H,2-5,8-11H2,1H3/t15-/m0/s1. The van der Waals surface area contributed by atoms with E-state index in [2.05, 4.69) is 21.9 Å². The number of ether oxygens (including phenoxy) is 1. The van der Waals surface area contributed by atoms with Crippen molar-refractivity contribution in [3.05, 3.63) is 28.8 Å². The Morgan fingerprint density at radius 3 is 2.54 bits per heavy atom. The van der Waals surface area contributed by atoms with E-state index in [4.69, 9.17) is 11.6 Å². The van der Waals surface area contributed by atoms with E-state index in [1.54, 1.807) is 12.1 Å². The highest BCUT2D eigenvalue weighted by molar-refractivity contribution is 6.32. The maximum atomic E-state index is 12.4. The van der Waals surface area contributed by atoms with Gasteiger partial charge in [-0.2, -0.15) is 0 Å². The number of piperazine rings is 1. The van der Waals surface area contributed by atoms with Gasteiger partial charge in [0.05, 0.1) is 5.02 Å². The minimum Gasteiger partial charge on any atom is -0.404 e. The Balaban J connectivity index is 2.16. The lowest BCUT2D eigenvalue weighted by Gasteiger charge is -2.35. The zero-order valence-corrected chi connectivity index (χ0v) is 14.6. The van der Waals surface area contributed by atoms with Crippen LogP contribution in [0, 0.1) is 0 Å². The van der Waals surface area contributed by atoms with Crippen molar-refractivity contribution in [2.45, 2.75) is 45.0 Å². The molecule has 1 N–H and O–H groups in total. The zero-order chi connectivity index (χ0) is 17.6. The van der Waals surface area contributed by atoms with Crippen molar-refractivity contribution >= 4 is 11.6 Å². The van der Waals surface area contributed by atoms with Crippen LogP contribution in [0.1, 0.15) is 44.2 Å². The van der Waals surface area contributed by atoms with Crippen LogP contribution in [-0.4, -0.2) is 37.4 Å². The fourth-order valence-electron chi connectivity index (χ4n) is 3.07. The summed E-state index contributed by atoms with van der Waals surface area (Å²) in [5.74, 6) is -0.347. The summed E-state index contributed by atoms with van der Waals surface area (Å²) < 4.78 is 41.1. The maximum absolute atomic E-state index is 12.4. The number of hydrogen-bond donors (Lipinski definition) is 1. The van der Waals surface area contributed by atoms with Crippen LogP contribution in [0.3, 0.4) is 0 Å². The van der Waals surface area contributed by atoms with E-state index >= 15 is 0 Å². The molecule has 1 aliphatic heterocycles. The second kappa shape index (κ2) is 8.92. The predicted molar refractivity (Wildman–Crippen MR) is 89.5 cm³/mol. The predicted octanol–water partition coefficient (Wildman–Crippen LogP) is 4.77. The summed E-state index contributed by atoms with van der Waals surface area (Å²) in [5.41, 5.74) is 0.951. The third-order valence-corrected chi connectivity index (χ3v) is 4.54. The first-order valence-electron chi connectivity index (χ1n) is 8.40. The average molecular weight is 365 g/mol. The van der Waals surface area contributed by atoms with Gasteiger partial charge in [0.25, 0.3) is 0 Å². The van der Waals surface area contributed by atoms with Gasteiger partial charge in [-0.15, -0.1) is 13.2 Å². The van der Waals surface area contributed by atoms with Crippen LogP contribution >= 0.6 is 11.6 Å². The van der Waals surface area contributed by atoms with Gasteiger partial charge in [0.1, 0.15) is 5.75 Å². The summed E-state index contributed by atoms with van der Waals surface area (Å²) in [6.45, 7) is 5.85. The maximum Gasteiger partial charge on any atom is 0.573 e. The molecule has 1 aromatic rings. The van der Waals surface area contributed by atoms with Gasteiger partial charge >= 0.3 is 6.36 Å². The van der Waals surface area contributed by atoms with Gasteiger partial charge < -0.3 is 10.1 Å². The number of benzene rings is 1. The summed E-state index contributed by atoms with van der Waals surface area (Å²) >= 11 is 6.02. The lowest BCUT2D eigenvalue weighted by Crippen LogP contribution is -2.45. The van der Waals surface area contributed by atoms with Crippen LogP contribution in [0.5, 0.6) is 5.75 Å². The van der Waals surface area contributed by atoms with Crippen molar-refractivity contribution in [1.29, 1.82) is 0 Å². The molecule has 1 atom stereocenters. The van der Waals surface area contributed by atoms with Crippen molar-refractivity contribution in [2.24, 2.45) is 0 Å². The molecule has 3 nitrogen and oxygen atoms in total. The molecule has 136 valence electrons. The lowest BCUT2D eigenvalue weighted by molar-refractivity contribution is -0.274. The molecule has 0 aliphatic carbocycles. The second-order valence-corrected chi connectivity index (χ2v) is 6.44. The average Bonchev–Trinajstić information content (AvgIpc) is 2.53. The number of unbranched alkanes of at least 4 members (excludes halogenated alkanes) is 2. The Morgan fingerprint density at radius 2 is 1.96 bits per heavy atom. The highest BCUT2D eigenvalue weighted by Gasteiger charge is 2.32. The first-order valence-corrected chi connectivity index (χ1v) is 8.78. The van der Waals surface area contributed by atoms with Crippen molar-refractivity contribution < 1.29 is 17.9 Å². The van der Waals surface area contributed by atoms with Crippen molar-refractivity contribution in [2.75, 3.05) is 26.2 Å². The van der Waals surface area contributed by atoms with Gasteiger partial charge in [0.15, 0.2) is 0 Å². The highest BCUT2D eigenvalue weighted by atomic mass is 35.5. The molecule has 1 heterocycles. The molecule has 1 saturated heterocycles. The summed E-state index contributed by atoms with van der Waals surface area (Å²) in [5, 5.41) is 3.32. The number of halogens is 4. The summed E-state index contributed by atoms with van der Waals surface area (Å²) in [6.07, 6.45) is -0.392. The molecule has 2 rings (SSSR count). The van der Waals surface area contributed by atoms with Crippen molar-refractivity contribution in [3.8, 4) is 5.75 Å². The minimum absolute atomic E-state index is 0.000418. The zero-order valence-electron chi connectivity index (χ0n) is 13.8. The Bertz CT molecular complexity index is 519. The molecule has 1 aliphatic rings. The van der Waals surface area contributed by atoms with E-state index in [1.165, 1.54) is 6.07 Å². The number of alkyl halides is 3. The van der Waals surface area contributed by atoms with Gasteiger partial charge in [0, 0.05) is 32.2 Å². The van der Waals surface area contributed by atoms with Crippen LogP contribution in [0.25, 0.3) is 0 Å². The van der Waals surface area contributed by atoms with Gasteiger partial charge in [-0.3, -0.25) is 4.90 Å². The number of nitrogens with one attached hydrogen (secondary N) is 1. The normalized spacial score (nSPS) is 17.7. The van der Waals surface area contributed by atoms with E-state index < -0.39 is 6.36 Å². The van der Waals surface area contributed by atoms with Crippen LogP contribution in [0.2, 0.25) is 5.02 Å². The van der Waals surface area contributed by atoms with Crippen molar-refractivity contribution in [3.63, 3.8) is 0 Å². The largest absolute Gasteiger partial charge is 0.573 e. The minimum atomic E-state index is -4.73. The van der Waals surface area contributed by atoms with Crippen LogP contribution in [0.4, 0.5) is 13.2 Å². The Hall–Kier alpha value is -0.980. The fraction of sp³-hybridized carbons (Fsp3) is 0.647. The fourth-order valence-corrected chi connectivity index (χ4v) is 3.30. The molecular formula is C17H24ClF3N2O. The van der Waals surface area contributed by atoms with Gasteiger partial charge in [-0.25, -0.2) is 0 Å². The molecular weight excluding hydrogens is 341 g/mol. The topological polar surface area (TPSA) is 24.5 Å². The van der Waals surface area contributed by atoms with E-state index in [0.717, 1.165) is 57.4 Å². The molecule has 7 heteroatoms. The van der Waals surface area contributed by atoms with E-state index in [0.29, 0.717) is 0 Å². The van der Waals surface area contributed by atoms with Crippen LogP contribution in [-0.2, 0) is 0 Å². The molecule has 1 aromatic carbocycles. The summed E-state index contributed by atoms with van der Waals surface area (Å²) in [6, 6.07) is 4.81. The molecule has 0 aromatic heterocycles. The first-order chi connectivity index (χ1) is 11.4. The smallest absolute Gasteiger partial charge is 0.404 e. The SMILES string of the molecule is CCCCC[C@@H](c1ccc(OC(F)(F)F)c(Cl)c1)N1CCNCC1. The van der Waals surface area contributed by atoms with Gasteiger partial charge in [-0.05, 0) is 24.1 Å². The first kappa shape index (κ1) is 19.3. The Morgan fingerprint density at radius 1 is 1.25 bits per heavy atom. The van der Waals surface area contributed by atoms with Gasteiger partial charge in [0.2, 0.25) is 0 Å². The molecule has 0 saturated carbocycles. The quantitative estimate of drug-likeness (QED) is 0.705. The van der Waals surface area contributed by atoms with E-state index in [-0.39, 0.29) is 16.8 Å². The molecule has 1 fully saturated rings. The highest BCUT2D eigenvalue weighted by Crippen LogP contribution is 2.35. The number of nitrogens with zero attached hydrogens (tertiary/aromatic N) is 1. The Kier molecular flexibility index (Phi) is 7.19. The van der Waals surface area contributed by atoms with E-state index in [1.807, 2.05) is 0 Å². The second-order valence-electron chi connectivity index (χ2n) is 6.04. The summed E-state index contributed by atoms with van der Waals surface area (Å²) in [7, 11) is 0. The number of hydrogen-bond acceptors (Lipinski definition) is 3. The van der Waals surface area contributed by atoms with Gasteiger partial charge in [-0.1, -0.05) is 43.9 Å². The van der Waals surface area contributed by atoms with Crippen molar-refractivity contribution in [1.82, 2.24) is 10.2 Å². The van der Waals surface area contributed by atoms with Crippen LogP contribution < -0.4 is 10.1 Å². The Labute approximate surface area is 146 Å².